The van der Waals surface area contributed by atoms with Crippen molar-refractivity contribution in [3.05, 3.63) is 12.3 Å². The van der Waals surface area contributed by atoms with Gasteiger partial charge in [-0.15, -0.1) is 0 Å². The summed E-state index contributed by atoms with van der Waals surface area (Å²) in [5.74, 6) is 6.69. The molecular weight excluding hydrogens is 216 g/mol. The van der Waals surface area contributed by atoms with Crippen molar-refractivity contribution in [1.29, 1.82) is 0 Å². The minimum absolute atomic E-state index is 0.460. The zero-order valence-corrected chi connectivity index (χ0v) is 10.4. The summed E-state index contributed by atoms with van der Waals surface area (Å²) in [6.45, 7) is 2.28. The van der Waals surface area contributed by atoms with E-state index < -0.39 is 0 Å². The fourth-order valence-electron chi connectivity index (χ4n) is 2.18. The van der Waals surface area contributed by atoms with Crippen molar-refractivity contribution in [1.82, 2.24) is 14.9 Å². The largest absolute Gasteiger partial charge is 0.356 e. The molecular formula is C11H20N6. The Bertz CT molecular complexity index is 361. The standard InChI is InChI=1S/C11H20N6/c1-16-7-4-9(5-8-16)17(2)10-3-6-13-11(14-10)15-12/h3,6,9H,4-5,7-8,12H2,1-2H3,(H,13,14,15). The molecule has 6 heteroatoms. The predicted molar refractivity (Wildman–Crippen MR) is 68.8 cm³/mol. The first-order valence-corrected chi connectivity index (χ1v) is 5.91. The maximum Gasteiger partial charge on any atom is 0.239 e. The van der Waals surface area contributed by atoms with E-state index in [2.05, 4.69) is 39.3 Å². The minimum atomic E-state index is 0.460. The lowest BCUT2D eigenvalue weighted by Gasteiger charge is -2.35. The van der Waals surface area contributed by atoms with Gasteiger partial charge in [0.1, 0.15) is 5.82 Å². The summed E-state index contributed by atoms with van der Waals surface area (Å²) in [6.07, 6.45) is 4.06. The van der Waals surface area contributed by atoms with E-state index in [0.29, 0.717) is 12.0 Å². The molecule has 0 spiro atoms. The second-order valence-corrected chi connectivity index (χ2v) is 4.53. The highest BCUT2D eigenvalue weighted by molar-refractivity contribution is 5.42. The van der Waals surface area contributed by atoms with Gasteiger partial charge in [0.2, 0.25) is 5.95 Å². The van der Waals surface area contributed by atoms with Gasteiger partial charge in [0, 0.05) is 19.3 Å². The maximum absolute atomic E-state index is 5.32. The van der Waals surface area contributed by atoms with Crippen LogP contribution in [-0.2, 0) is 0 Å². The molecule has 0 atom stereocenters. The number of aromatic nitrogens is 2. The summed E-state index contributed by atoms with van der Waals surface area (Å²) in [7, 11) is 4.25. The fourth-order valence-corrected chi connectivity index (χ4v) is 2.18. The van der Waals surface area contributed by atoms with Gasteiger partial charge in [-0.05, 0) is 39.0 Å². The first kappa shape index (κ1) is 12.1. The highest BCUT2D eigenvalue weighted by Gasteiger charge is 2.21. The monoisotopic (exact) mass is 236 g/mol. The van der Waals surface area contributed by atoms with E-state index in [1.807, 2.05) is 6.07 Å². The smallest absolute Gasteiger partial charge is 0.239 e. The van der Waals surface area contributed by atoms with Gasteiger partial charge in [0.25, 0.3) is 0 Å². The molecule has 17 heavy (non-hydrogen) atoms. The Balaban J connectivity index is 2.05. The Labute approximate surface area is 102 Å². The highest BCUT2D eigenvalue weighted by Crippen LogP contribution is 2.20. The third kappa shape index (κ3) is 2.83. The molecule has 0 aromatic carbocycles. The maximum atomic E-state index is 5.32. The number of rotatable bonds is 3. The van der Waals surface area contributed by atoms with Crippen LogP contribution in [0.5, 0.6) is 0 Å². The lowest BCUT2D eigenvalue weighted by atomic mass is 10.0. The van der Waals surface area contributed by atoms with Gasteiger partial charge in [0.15, 0.2) is 0 Å². The molecule has 1 fully saturated rings. The molecule has 0 bridgehead atoms. The predicted octanol–water partition coefficient (Wildman–Crippen LogP) is 0.293. The van der Waals surface area contributed by atoms with Crippen molar-refractivity contribution in [2.45, 2.75) is 18.9 Å². The zero-order chi connectivity index (χ0) is 12.3. The molecule has 0 saturated carbocycles. The van der Waals surface area contributed by atoms with E-state index in [4.69, 9.17) is 5.84 Å². The molecule has 2 heterocycles. The molecule has 0 amide bonds. The van der Waals surface area contributed by atoms with E-state index in [9.17, 15) is 0 Å². The van der Waals surface area contributed by atoms with E-state index in [-0.39, 0.29) is 0 Å². The van der Waals surface area contributed by atoms with Crippen LogP contribution in [0.4, 0.5) is 11.8 Å². The second kappa shape index (κ2) is 5.29. The Morgan fingerprint density at radius 3 is 2.82 bits per heavy atom. The number of nitrogens with one attached hydrogen (secondary N) is 1. The number of piperidine rings is 1. The van der Waals surface area contributed by atoms with Gasteiger partial charge < -0.3 is 9.80 Å². The molecule has 6 nitrogen and oxygen atoms in total. The molecule has 3 N–H and O–H groups in total. The average Bonchev–Trinajstić information content (AvgIpc) is 2.39. The van der Waals surface area contributed by atoms with Crippen molar-refractivity contribution in [3.63, 3.8) is 0 Å². The number of hydrogen-bond acceptors (Lipinski definition) is 6. The van der Waals surface area contributed by atoms with Crippen LogP contribution in [0.25, 0.3) is 0 Å². The molecule has 1 saturated heterocycles. The number of anilines is 2. The zero-order valence-electron chi connectivity index (χ0n) is 10.4. The normalized spacial score (nSPS) is 18.1. The van der Waals surface area contributed by atoms with Gasteiger partial charge in [-0.1, -0.05) is 0 Å². The van der Waals surface area contributed by atoms with E-state index in [0.717, 1.165) is 18.9 Å². The second-order valence-electron chi connectivity index (χ2n) is 4.53. The Morgan fingerprint density at radius 2 is 2.18 bits per heavy atom. The van der Waals surface area contributed by atoms with E-state index in [1.54, 1.807) is 6.20 Å². The highest BCUT2D eigenvalue weighted by atomic mass is 15.3. The Morgan fingerprint density at radius 1 is 1.47 bits per heavy atom. The summed E-state index contributed by atoms with van der Waals surface area (Å²) in [5.41, 5.74) is 2.48. The van der Waals surface area contributed by atoms with Crippen LogP contribution < -0.4 is 16.2 Å². The summed E-state index contributed by atoms with van der Waals surface area (Å²) >= 11 is 0. The van der Waals surface area contributed by atoms with E-state index >= 15 is 0 Å². The molecule has 94 valence electrons. The Kier molecular flexibility index (Phi) is 3.75. The van der Waals surface area contributed by atoms with Crippen LogP contribution in [0.3, 0.4) is 0 Å². The molecule has 1 aromatic rings. The van der Waals surface area contributed by atoms with Crippen LogP contribution >= 0.6 is 0 Å². The van der Waals surface area contributed by atoms with Crippen LogP contribution in [0.1, 0.15) is 12.8 Å². The lowest BCUT2D eigenvalue weighted by molar-refractivity contribution is 0.252. The molecule has 1 aliphatic heterocycles. The molecule has 0 radical (unpaired) electrons. The molecule has 0 unspecified atom stereocenters. The van der Waals surface area contributed by atoms with Gasteiger partial charge in [-0.3, -0.25) is 5.43 Å². The van der Waals surface area contributed by atoms with Gasteiger partial charge in [0.05, 0.1) is 0 Å². The van der Waals surface area contributed by atoms with Crippen LogP contribution in [0.15, 0.2) is 12.3 Å². The number of nitrogens with zero attached hydrogens (tertiary/aromatic N) is 4. The van der Waals surface area contributed by atoms with Gasteiger partial charge in [-0.2, -0.15) is 4.98 Å². The SMILES string of the molecule is CN1CCC(N(C)c2ccnc(NN)n2)CC1. The minimum Gasteiger partial charge on any atom is -0.356 e. The fraction of sp³-hybridized carbons (Fsp3) is 0.636. The number of hydrazine groups is 1. The van der Waals surface area contributed by atoms with Crippen molar-refractivity contribution in [2.24, 2.45) is 5.84 Å². The number of hydrogen-bond donors (Lipinski definition) is 2. The lowest BCUT2D eigenvalue weighted by Crippen LogP contribution is -2.42. The quantitative estimate of drug-likeness (QED) is 0.581. The van der Waals surface area contributed by atoms with Crippen molar-refractivity contribution in [2.75, 3.05) is 37.5 Å². The molecule has 1 aliphatic rings. The first-order chi connectivity index (χ1) is 8.20. The first-order valence-electron chi connectivity index (χ1n) is 5.91. The van der Waals surface area contributed by atoms with Crippen molar-refractivity contribution < 1.29 is 0 Å². The average molecular weight is 236 g/mol. The van der Waals surface area contributed by atoms with Gasteiger partial charge in [-0.25, -0.2) is 10.8 Å². The summed E-state index contributed by atoms with van der Waals surface area (Å²) in [5, 5.41) is 0. The van der Waals surface area contributed by atoms with Crippen molar-refractivity contribution >= 4 is 11.8 Å². The molecule has 0 aliphatic carbocycles. The Hall–Kier alpha value is -1.40. The van der Waals surface area contributed by atoms with Crippen LogP contribution in [0.2, 0.25) is 0 Å². The number of nitrogen functional groups attached to an aromatic ring is 1. The van der Waals surface area contributed by atoms with Crippen LogP contribution in [-0.4, -0.2) is 48.1 Å². The number of likely N-dealkylation sites (tertiary alicyclic amines) is 1. The third-order valence-corrected chi connectivity index (χ3v) is 3.37. The third-order valence-electron chi connectivity index (χ3n) is 3.37. The summed E-state index contributed by atoms with van der Waals surface area (Å²) in [4.78, 5) is 12.9. The topological polar surface area (TPSA) is 70.3 Å². The van der Waals surface area contributed by atoms with Crippen LogP contribution in [0, 0.1) is 0 Å². The summed E-state index contributed by atoms with van der Waals surface area (Å²) in [6, 6.07) is 2.46. The van der Waals surface area contributed by atoms with Crippen molar-refractivity contribution in [3.8, 4) is 0 Å². The molecule has 1 aromatic heterocycles. The number of nitrogens with two attached hydrogens (primary N) is 1. The van der Waals surface area contributed by atoms with E-state index in [1.165, 1.54) is 12.8 Å². The molecule has 2 rings (SSSR count). The van der Waals surface area contributed by atoms with Gasteiger partial charge >= 0.3 is 0 Å². The summed E-state index contributed by atoms with van der Waals surface area (Å²) < 4.78 is 0.